The van der Waals surface area contributed by atoms with Crippen molar-refractivity contribution in [1.29, 1.82) is 0 Å². The Morgan fingerprint density at radius 2 is 1.40 bits per heavy atom. The van der Waals surface area contributed by atoms with Crippen LogP contribution in [0, 0.1) is 0 Å². The summed E-state index contributed by atoms with van der Waals surface area (Å²) in [7, 11) is 1.25. The van der Waals surface area contributed by atoms with E-state index in [4.69, 9.17) is 4.74 Å². The van der Waals surface area contributed by atoms with Crippen LogP contribution in [0.3, 0.4) is 0 Å². The number of Topliss-reactive ketones (excluding diaryl/α,β-unsaturated/α-hetero) is 1. The van der Waals surface area contributed by atoms with Crippen molar-refractivity contribution in [2.75, 3.05) is 7.11 Å². The van der Waals surface area contributed by atoms with E-state index in [-0.39, 0.29) is 46.0 Å². The summed E-state index contributed by atoms with van der Waals surface area (Å²) in [5.74, 6) is -1.38. The molecule has 0 amide bonds. The topological polar surface area (TPSA) is 77.5 Å². The zero-order valence-electron chi connectivity index (χ0n) is 13.3. The zero-order valence-corrected chi connectivity index (χ0v) is 13.3. The fourth-order valence-corrected chi connectivity index (χ4v) is 3.32. The van der Waals surface area contributed by atoms with Gasteiger partial charge in [-0.25, -0.2) is 4.79 Å². The predicted molar refractivity (Wildman–Crippen MR) is 88.7 cm³/mol. The third-order valence-corrected chi connectivity index (χ3v) is 4.55. The minimum atomic E-state index is -0.580. The predicted octanol–water partition coefficient (Wildman–Crippen LogP) is 2.60. The maximum atomic E-state index is 12.8. The summed E-state index contributed by atoms with van der Waals surface area (Å²) in [4.78, 5) is 49.8. The average Bonchev–Trinajstić information content (AvgIpc) is 2.65. The van der Waals surface area contributed by atoms with Gasteiger partial charge in [-0.15, -0.1) is 0 Å². The molecule has 2 aromatic carbocycles. The third-order valence-electron chi connectivity index (χ3n) is 4.55. The van der Waals surface area contributed by atoms with Crippen LogP contribution in [0.2, 0.25) is 0 Å². The van der Waals surface area contributed by atoms with Gasteiger partial charge in [0, 0.05) is 39.8 Å². The molecule has 0 spiro atoms. The molecule has 0 heterocycles. The molecule has 0 N–H and O–H groups in total. The fraction of sp³-hybridized carbons (Fsp3) is 0.100. The van der Waals surface area contributed by atoms with E-state index >= 15 is 0 Å². The van der Waals surface area contributed by atoms with Crippen molar-refractivity contribution in [2.45, 2.75) is 6.42 Å². The number of methoxy groups -OCH3 is 1. The normalized spacial score (nSPS) is 15.1. The molecule has 25 heavy (non-hydrogen) atoms. The molecular weight excluding hydrogens is 320 g/mol. The van der Waals surface area contributed by atoms with Crippen LogP contribution < -0.4 is 0 Å². The highest BCUT2D eigenvalue weighted by atomic mass is 16.5. The average molecular weight is 332 g/mol. The Morgan fingerprint density at radius 1 is 0.840 bits per heavy atom. The second-order valence-electron chi connectivity index (χ2n) is 5.88. The summed E-state index contributed by atoms with van der Waals surface area (Å²) in [6.45, 7) is 0. The molecule has 0 fully saturated rings. The molecule has 0 saturated heterocycles. The van der Waals surface area contributed by atoms with Crippen LogP contribution >= 0.6 is 0 Å². The number of ketones is 3. The first kappa shape index (κ1) is 15.2. The van der Waals surface area contributed by atoms with E-state index in [0.717, 1.165) is 0 Å². The van der Waals surface area contributed by atoms with Gasteiger partial charge >= 0.3 is 5.97 Å². The molecule has 122 valence electrons. The van der Waals surface area contributed by atoms with Gasteiger partial charge in [0.15, 0.2) is 17.3 Å². The van der Waals surface area contributed by atoms with Gasteiger partial charge in [-0.3, -0.25) is 14.4 Å². The van der Waals surface area contributed by atoms with Gasteiger partial charge in [-0.2, -0.15) is 0 Å². The van der Waals surface area contributed by atoms with Crippen LogP contribution in [0.5, 0.6) is 0 Å². The lowest BCUT2D eigenvalue weighted by atomic mass is 9.79. The molecule has 4 rings (SSSR count). The summed E-state index contributed by atoms with van der Waals surface area (Å²) in [5.41, 5.74) is 1.88. The van der Waals surface area contributed by atoms with Crippen molar-refractivity contribution in [3.05, 3.63) is 75.9 Å². The first-order valence-electron chi connectivity index (χ1n) is 7.71. The maximum Gasteiger partial charge on any atom is 0.338 e. The van der Waals surface area contributed by atoms with Crippen molar-refractivity contribution in [3.63, 3.8) is 0 Å². The van der Waals surface area contributed by atoms with Gasteiger partial charge in [0.1, 0.15) is 0 Å². The first-order chi connectivity index (χ1) is 12.0. The largest absolute Gasteiger partial charge is 0.465 e. The molecule has 0 bridgehead atoms. The second kappa shape index (κ2) is 5.34. The number of allylic oxidation sites excluding steroid dienone is 1. The van der Waals surface area contributed by atoms with Crippen molar-refractivity contribution < 1.29 is 23.9 Å². The summed E-state index contributed by atoms with van der Waals surface area (Å²) in [6, 6.07) is 9.47. The Hall–Kier alpha value is -3.34. The number of hydrogen-bond donors (Lipinski definition) is 0. The van der Waals surface area contributed by atoms with Crippen LogP contribution in [-0.2, 0) is 9.53 Å². The lowest BCUT2D eigenvalue weighted by molar-refractivity contribution is -0.133. The molecule has 0 aromatic heterocycles. The number of fused-ring (bicyclic) bond motifs is 3. The van der Waals surface area contributed by atoms with Gasteiger partial charge in [-0.1, -0.05) is 30.3 Å². The Morgan fingerprint density at radius 3 is 1.96 bits per heavy atom. The molecule has 0 saturated carbocycles. The van der Waals surface area contributed by atoms with Gasteiger partial charge in [0.25, 0.3) is 0 Å². The number of carbonyl (C=O) groups excluding carboxylic acids is 4. The van der Waals surface area contributed by atoms with E-state index in [9.17, 15) is 19.2 Å². The number of hydrogen-bond acceptors (Lipinski definition) is 5. The molecule has 5 nitrogen and oxygen atoms in total. The molecule has 0 radical (unpaired) electrons. The standard InChI is InChI=1S/C20H12O5/c1-25-20(24)12-6-7-17(21)14-9-16-15(8-13(12)14)18(22)10-4-2-3-5-11(10)19(16)23/h2-6,8-9H,7H2,1H3. The van der Waals surface area contributed by atoms with Crippen molar-refractivity contribution in [2.24, 2.45) is 0 Å². The van der Waals surface area contributed by atoms with Crippen molar-refractivity contribution in [1.82, 2.24) is 0 Å². The van der Waals surface area contributed by atoms with Gasteiger partial charge in [0.2, 0.25) is 0 Å². The molecule has 2 aliphatic carbocycles. The smallest absolute Gasteiger partial charge is 0.338 e. The number of esters is 1. The first-order valence-corrected chi connectivity index (χ1v) is 7.71. The monoisotopic (exact) mass is 332 g/mol. The Labute approximate surface area is 142 Å². The van der Waals surface area contributed by atoms with Crippen LogP contribution in [0.15, 0.2) is 42.5 Å². The minimum Gasteiger partial charge on any atom is -0.465 e. The van der Waals surface area contributed by atoms with Crippen LogP contribution in [0.4, 0.5) is 0 Å². The van der Waals surface area contributed by atoms with E-state index in [2.05, 4.69) is 0 Å². The molecule has 0 aliphatic heterocycles. The Balaban J connectivity index is 1.98. The number of benzene rings is 2. The zero-order chi connectivity index (χ0) is 17.7. The molecule has 5 heteroatoms. The van der Waals surface area contributed by atoms with E-state index < -0.39 is 5.97 Å². The maximum absolute atomic E-state index is 12.8. The molecule has 2 aromatic rings. The van der Waals surface area contributed by atoms with Gasteiger partial charge < -0.3 is 4.74 Å². The van der Waals surface area contributed by atoms with E-state index in [1.165, 1.54) is 25.3 Å². The van der Waals surface area contributed by atoms with Crippen molar-refractivity contribution >= 4 is 28.9 Å². The number of carbonyl (C=O) groups is 4. The molecular formula is C20H12O5. The number of rotatable bonds is 1. The highest BCUT2D eigenvalue weighted by molar-refractivity contribution is 6.30. The lowest BCUT2D eigenvalue weighted by Crippen LogP contribution is -2.23. The fourth-order valence-electron chi connectivity index (χ4n) is 3.32. The highest BCUT2D eigenvalue weighted by Gasteiger charge is 2.33. The van der Waals surface area contributed by atoms with Gasteiger partial charge in [-0.05, 0) is 12.1 Å². The minimum absolute atomic E-state index is 0.0505. The third kappa shape index (κ3) is 2.09. The molecule has 2 aliphatic rings. The molecule has 0 unspecified atom stereocenters. The van der Waals surface area contributed by atoms with Gasteiger partial charge in [0.05, 0.1) is 12.7 Å². The second-order valence-corrected chi connectivity index (χ2v) is 5.88. The highest BCUT2D eigenvalue weighted by Crippen LogP contribution is 2.34. The SMILES string of the molecule is COC(=O)C1=CCC(=O)c2cc3c(cc21)C(=O)c1ccccc1C3=O. The van der Waals surface area contributed by atoms with E-state index in [0.29, 0.717) is 16.7 Å². The summed E-state index contributed by atoms with van der Waals surface area (Å²) in [5, 5.41) is 0. The quantitative estimate of drug-likeness (QED) is 0.640. The Bertz CT molecular complexity index is 1030. The number of ether oxygens (including phenoxy) is 1. The van der Waals surface area contributed by atoms with E-state index in [1.54, 1.807) is 24.3 Å². The molecule has 0 atom stereocenters. The summed E-state index contributed by atoms with van der Waals surface area (Å²) in [6.07, 6.45) is 1.54. The Kier molecular flexibility index (Phi) is 3.25. The van der Waals surface area contributed by atoms with Crippen molar-refractivity contribution in [3.8, 4) is 0 Å². The lowest BCUT2D eigenvalue weighted by Gasteiger charge is -2.22. The van der Waals surface area contributed by atoms with E-state index in [1.807, 2.05) is 0 Å². The van der Waals surface area contributed by atoms with Crippen LogP contribution in [-0.4, -0.2) is 30.4 Å². The van der Waals surface area contributed by atoms with Crippen LogP contribution in [0.25, 0.3) is 5.57 Å². The summed E-state index contributed by atoms with van der Waals surface area (Å²) >= 11 is 0. The summed E-state index contributed by atoms with van der Waals surface area (Å²) < 4.78 is 4.76. The van der Waals surface area contributed by atoms with Crippen LogP contribution in [0.1, 0.15) is 54.2 Å².